The zero-order valence-corrected chi connectivity index (χ0v) is 18.5. The molecule has 3 N–H and O–H groups in total. The lowest BCUT2D eigenvalue weighted by atomic mass is 10.1. The van der Waals surface area contributed by atoms with Crippen molar-refractivity contribution in [2.45, 2.75) is 57.6 Å². The summed E-state index contributed by atoms with van der Waals surface area (Å²) in [6, 6.07) is 8.86. The normalized spacial score (nSPS) is 12.8. The molecule has 9 heteroatoms. The summed E-state index contributed by atoms with van der Waals surface area (Å²) in [6.07, 6.45) is 4.59. The number of hydrogen-bond acceptors (Lipinski definition) is 4. The van der Waals surface area contributed by atoms with E-state index < -0.39 is 15.6 Å². The number of sulfonamides is 1. The second-order valence-electron chi connectivity index (χ2n) is 7.71. The fourth-order valence-corrected chi connectivity index (χ4v) is 4.39. The molecule has 0 aliphatic rings. The number of guanidine groups is 1. The smallest absolute Gasteiger partial charge is 0.241 e. The van der Waals surface area contributed by atoms with Crippen LogP contribution < -0.4 is 15.4 Å². The summed E-state index contributed by atoms with van der Waals surface area (Å²) in [4.78, 5) is 4.83. The first-order valence-corrected chi connectivity index (χ1v) is 11.3. The number of aryl methyl sites for hydroxylation is 1. The minimum absolute atomic E-state index is 0.258. The Morgan fingerprint density at radius 2 is 1.93 bits per heavy atom. The molecule has 0 fully saturated rings. The molecule has 0 saturated carbocycles. The molecule has 0 bridgehead atoms. The standard InChI is InChI=1S/C20H32N6O2S/c1-5-21-19(22-12-8-14-26-15-9-13-24-26)23-16-17-10-6-7-11-18(17)29(27,28)25-20(2,3)4/h6-7,9-11,13,15,25H,5,8,12,14,16H2,1-4H3,(H2,21,22,23). The highest BCUT2D eigenvalue weighted by Crippen LogP contribution is 2.18. The lowest BCUT2D eigenvalue weighted by Gasteiger charge is -2.21. The van der Waals surface area contributed by atoms with Crippen molar-refractivity contribution in [2.75, 3.05) is 13.1 Å². The first-order valence-electron chi connectivity index (χ1n) is 9.83. The minimum atomic E-state index is -3.62. The van der Waals surface area contributed by atoms with E-state index in [0.29, 0.717) is 11.5 Å². The number of rotatable bonds is 9. The Kier molecular flexibility index (Phi) is 8.21. The number of hydrogen-bond donors (Lipinski definition) is 3. The highest BCUT2D eigenvalue weighted by Gasteiger charge is 2.24. The van der Waals surface area contributed by atoms with E-state index in [1.165, 1.54) is 0 Å². The third kappa shape index (κ3) is 7.86. The maximum absolute atomic E-state index is 12.8. The molecule has 2 aromatic rings. The van der Waals surface area contributed by atoms with Crippen molar-refractivity contribution in [1.82, 2.24) is 25.1 Å². The topological polar surface area (TPSA) is 100 Å². The maximum atomic E-state index is 12.8. The molecule has 0 saturated heterocycles. The lowest BCUT2D eigenvalue weighted by Crippen LogP contribution is -2.40. The van der Waals surface area contributed by atoms with E-state index >= 15 is 0 Å². The zero-order valence-electron chi connectivity index (χ0n) is 17.6. The fourth-order valence-electron chi connectivity index (χ4n) is 2.74. The van der Waals surface area contributed by atoms with Gasteiger partial charge in [-0.1, -0.05) is 18.2 Å². The van der Waals surface area contributed by atoms with Crippen molar-refractivity contribution in [1.29, 1.82) is 0 Å². The number of benzene rings is 1. The molecule has 0 spiro atoms. The van der Waals surface area contributed by atoms with Gasteiger partial charge >= 0.3 is 0 Å². The van der Waals surface area contributed by atoms with Crippen LogP contribution in [0.4, 0.5) is 0 Å². The summed E-state index contributed by atoms with van der Waals surface area (Å²) in [5.74, 6) is 0.656. The molecule has 160 valence electrons. The van der Waals surface area contributed by atoms with Crippen molar-refractivity contribution in [3.63, 3.8) is 0 Å². The van der Waals surface area contributed by atoms with Gasteiger partial charge < -0.3 is 10.6 Å². The second-order valence-corrected chi connectivity index (χ2v) is 9.36. The van der Waals surface area contributed by atoms with E-state index in [9.17, 15) is 8.42 Å². The molecule has 1 aromatic heterocycles. The number of nitrogens with one attached hydrogen (secondary N) is 3. The van der Waals surface area contributed by atoms with Crippen molar-refractivity contribution in [3.8, 4) is 0 Å². The van der Waals surface area contributed by atoms with Crippen molar-refractivity contribution in [3.05, 3.63) is 48.3 Å². The van der Waals surface area contributed by atoms with Crippen LogP contribution in [0, 0.1) is 0 Å². The largest absolute Gasteiger partial charge is 0.357 e. The van der Waals surface area contributed by atoms with Crippen LogP contribution in [0.3, 0.4) is 0 Å². The minimum Gasteiger partial charge on any atom is -0.357 e. The second kappa shape index (κ2) is 10.4. The summed E-state index contributed by atoms with van der Waals surface area (Å²) in [7, 11) is -3.62. The van der Waals surface area contributed by atoms with Crippen LogP contribution in [0.5, 0.6) is 0 Å². The SMILES string of the molecule is CCNC(=NCc1ccccc1S(=O)(=O)NC(C)(C)C)NCCCn1cccn1. The molecule has 0 radical (unpaired) electrons. The van der Waals surface area contributed by atoms with E-state index in [-0.39, 0.29) is 11.4 Å². The van der Waals surface area contributed by atoms with E-state index in [4.69, 9.17) is 0 Å². The fraction of sp³-hybridized carbons (Fsp3) is 0.500. The van der Waals surface area contributed by atoms with Crippen molar-refractivity contribution >= 4 is 16.0 Å². The van der Waals surface area contributed by atoms with Gasteiger partial charge in [0.1, 0.15) is 0 Å². The third-order valence-corrected chi connectivity index (χ3v) is 5.73. The molecule has 0 atom stereocenters. The van der Waals surface area contributed by atoms with Crippen LogP contribution in [0.25, 0.3) is 0 Å². The van der Waals surface area contributed by atoms with E-state index in [1.54, 1.807) is 24.4 Å². The third-order valence-electron chi connectivity index (χ3n) is 3.87. The Hall–Kier alpha value is -2.39. The summed E-state index contributed by atoms with van der Waals surface area (Å²) in [5, 5.41) is 10.7. The summed E-state index contributed by atoms with van der Waals surface area (Å²) in [5.41, 5.74) is 0.0956. The molecule has 0 amide bonds. The number of aliphatic imine (C=N–C) groups is 1. The van der Waals surface area contributed by atoms with Crippen molar-refractivity contribution in [2.24, 2.45) is 4.99 Å². The number of nitrogens with zero attached hydrogens (tertiary/aromatic N) is 3. The molecule has 8 nitrogen and oxygen atoms in total. The van der Waals surface area contributed by atoms with Crippen LogP contribution in [-0.2, 0) is 23.1 Å². The van der Waals surface area contributed by atoms with E-state index in [2.05, 4.69) is 25.4 Å². The van der Waals surface area contributed by atoms with Gasteiger partial charge in [0.05, 0.1) is 11.4 Å². The monoisotopic (exact) mass is 420 g/mol. The lowest BCUT2D eigenvalue weighted by molar-refractivity contribution is 0.491. The average molecular weight is 421 g/mol. The average Bonchev–Trinajstić information content (AvgIpc) is 3.15. The maximum Gasteiger partial charge on any atom is 0.241 e. The van der Waals surface area contributed by atoms with Gasteiger partial charge in [-0.15, -0.1) is 0 Å². The Morgan fingerprint density at radius 1 is 1.17 bits per heavy atom. The van der Waals surface area contributed by atoms with Gasteiger partial charge in [-0.2, -0.15) is 5.10 Å². The molecule has 0 aliphatic carbocycles. The first-order chi connectivity index (χ1) is 13.7. The highest BCUT2D eigenvalue weighted by molar-refractivity contribution is 7.89. The Labute approximate surface area is 173 Å². The van der Waals surface area contributed by atoms with Gasteiger partial charge in [-0.25, -0.2) is 18.1 Å². The molecule has 29 heavy (non-hydrogen) atoms. The molecular weight excluding hydrogens is 388 g/mol. The zero-order chi connectivity index (χ0) is 21.3. The Balaban J connectivity index is 2.04. The van der Waals surface area contributed by atoms with E-state index in [0.717, 1.165) is 26.1 Å². The Morgan fingerprint density at radius 3 is 2.59 bits per heavy atom. The quantitative estimate of drug-likeness (QED) is 0.328. The summed E-state index contributed by atoms with van der Waals surface area (Å²) < 4.78 is 30.1. The predicted molar refractivity (Wildman–Crippen MR) is 116 cm³/mol. The van der Waals surface area contributed by atoms with Gasteiger partial charge in [0.15, 0.2) is 5.96 Å². The van der Waals surface area contributed by atoms with Gasteiger partial charge in [0.25, 0.3) is 0 Å². The van der Waals surface area contributed by atoms with Gasteiger partial charge in [-0.3, -0.25) is 4.68 Å². The molecule has 2 rings (SSSR count). The molecule has 1 heterocycles. The van der Waals surface area contributed by atoms with Gasteiger partial charge in [0.2, 0.25) is 10.0 Å². The predicted octanol–water partition coefficient (Wildman–Crippen LogP) is 2.11. The highest BCUT2D eigenvalue weighted by atomic mass is 32.2. The first kappa shape index (κ1) is 22.9. The molecule has 0 unspecified atom stereocenters. The van der Waals surface area contributed by atoms with Gasteiger partial charge in [0, 0.05) is 37.6 Å². The van der Waals surface area contributed by atoms with Crippen LogP contribution in [0.1, 0.15) is 39.7 Å². The van der Waals surface area contributed by atoms with Crippen LogP contribution >= 0.6 is 0 Å². The molecule has 0 aliphatic heterocycles. The molecule has 1 aromatic carbocycles. The number of aromatic nitrogens is 2. The molecular formula is C20H32N6O2S. The Bertz CT molecular complexity index is 886. The van der Waals surface area contributed by atoms with Gasteiger partial charge in [-0.05, 0) is 51.8 Å². The van der Waals surface area contributed by atoms with Crippen molar-refractivity contribution < 1.29 is 8.42 Å². The summed E-state index contributed by atoms with van der Waals surface area (Å²) >= 11 is 0. The van der Waals surface area contributed by atoms with Crippen LogP contribution in [0.2, 0.25) is 0 Å². The van der Waals surface area contributed by atoms with Crippen LogP contribution in [-0.4, -0.2) is 42.8 Å². The van der Waals surface area contributed by atoms with E-state index in [1.807, 2.05) is 50.7 Å². The van der Waals surface area contributed by atoms with Crippen LogP contribution in [0.15, 0.2) is 52.6 Å². The summed E-state index contributed by atoms with van der Waals surface area (Å²) in [6.45, 7) is 9.99.